The molecule has 5 unspecified atom stereocenters. The Labute approximate surface area is 163 Å². The third-order valence-electron chi connectivity index (χ3n) is 6.07. The summed E-state index contributed by atoms with van der Waals surface area (Å²) in [7, 11) is 3.59. The molecular formula is C19H26N4O5. The maximum absolute atomic E-state index is 11.3. The van der Waals surface area contributed by atoms with Gasteiger partial charge in [-0.05, 0) is 13.0 Å². The van der Waals surface area contributed by atoms with Crippen molar-refractivity contribution in [2.45, 2.75) is 37.6 Å². The van der Waals surface area contributed by atoms with Gasteiger partial charge in [-0.25, -0.2) is 4.79 Å². The number of fused-ring (bicyclic) bond motifs is 5. The molecule has 3 aliphatic rings. The largest absolute Gasteiger partial charge is 0.506 e. The zero-order chi connectivity index (χ0) is 20.4. The lowest BCUT2D eigenvalue weighted by atomic mass is 9.88. The Morgan fingerprint density at radius 2 is 2.21 bits per heavy atom. The van der Waals surface area contributed by atoms with Crippen LogP contribution in [-0.2, 0) is 9.47 Å². The summed E-state index contributed by atoms with van der Waals surface area (Å²) in [5, 5.41) is 21.8. The first kappa shape index (κ1) is 18.8. The molecule has 9 nitrogen and oxygen atoms in total. The van der Waals surface area contributed by atoms with Gasteiger partial charge in [0.25, 0.3) is 0 Å². The molecule has 1 amide bonds. The van der Waals surface area contributed by atoms with E-state index in [4.69, 9.17) is 15.2 Å². The predicted octanol–water partition coefficient (Wildman–Crippen LogP) is 1.49. The van der Waals surface area contributed by atoms with Crippen LogP contribution < -0.4 is 10.6 Å². The van der Waals surface area contributed by atoms with Crippen LogP contribution in [0.25, 0.3) is 0 Å². The van der Waals surface area contributed by atoms with E-state index >= 15 is 0 Å². The summed E-state index contributed by atoms with van der Waals surface area (Å²) in [6.45, 7) is 4.50. The summed E-state index contributed by atoms with van der Waals surface area (Å²) in [4.78, 5) is 19.8. The van der Waals surface area contributed by atoms with E-state index in [2.05, 4.69) is 9.89 Å². The minimum Gasteiger partial charge on any atom is -0.506 e. The van der Waals surface area contributed by atoms with Gasteiger partial charge in [-0.15, -0.1) is 0 Å². The van der Waals surface area contributed by atoms with E-state index in [0.717, 1.165) is 0 Å². The van der Waals surface area contributed by atoms with E-state index in [9.17, 15) is 15.0 Å². The topological polar surface area (TPSA) is 121 Å². The van der Waals surface area contributed by atoms with Gasteiger partial charge < -0.3 is 30.3 Å². The van der Waals surface area contributed by atoms with Gasteiger partial charge in [0, 0.05) is 37.5 Å². The minimum atomic E-state index is -0.900. The van der Waals surface area contributed by atoms with E-state index in [0.29, 0.717) is 17.8 Å². The van der Waals surface area contributed by atoms with E-state index in [1.165, 1.54) is 6.07 Å². The number of hydrogen-bond donors (Lipinski definition) is 3. The van der Waals surface area contributed by atoms with Crippen LogP contribution in [0.4, 0.5) is 16.2 Å². The summed E-state index contributed by atoms with van der Waals surface area (Å²) < 4.78 is 11.1. The monoisotopic (exact) mass is 390 g/mol. The second-order valence-corrected chi connectivity index (χ2v) is 7.97. The molecule has 3 aliphatic heterocycles. The molecule has 4 rings (SSSR count). The number of phenols is 2. The average Bonchev–Trinajstić information content (AvgIpc) is 3.01. The summed E-state index contributed by atoms with van der Waals surface area (Å²) >= 11 is 0. The van der Waals surface area contributed by atoms with Crippen LogP contribution in [0.15, 0.2) is 11.1 Å². The molecule has 1 aromatic rings. The van der Waals surface area contributed by atoms with E-state index in [1.807, 2.05) is 25.8 Å². The van der Waals surface area contributed by atoms with Gasteiger partial charge in [0.2, 0.25) is 0 Å². The first-order valence-electron chi connectivity index (χ1n) is 9.34. The number of amides is 1. The number of rotatable bonds is 5. The summed E-state index contributed by atoms with van der Waals surface area (Å²) in [5.41, 5.74) is 5.57. The second-order valence-electron chi connectivity index (χ2n) is 7.97. The van der Waals surface area contributed by atoms with Crippen LogP contribution in [0.2, 0.25) is 0 Å². The maximum Gasteiger partial charge on any atom is 0.404 e. The third kappa shape index (κ3) is 2.39. The Morgan fingerprint density at radius 1 is 1.50 bits per heavy atom. The van der Waals surface area contributed by atoms with Crippen molar-refractivity contribution in [1.82, 2.24) is 4.90 Å². The highest BCUT2D eigenvalue weighted by atomic mass is 16.6. The van der Waals surface area contributed by atoms with Crippen molar-refractivity contribution in [3.05, 3.63) is 11.6 Å². The number of carbonyl (C=O) groups is 1. The van der Waals surface area contributed by atoms with E-state index in [1.54, 1.807) is 13.3 Å². The van der Waals surface area contributed by atoms with Gasteiger partial charge >= 0.3 is 6.09 Å². The standard InChI is InChI=1S/C19H26N4O5/c1-9(2)6-21-11-5-13(24)15-14(16(11)25)10(8-28-18(20)26)19(27-4)17-12(22(17)3)7-23(15)19/h5-6,9-10,12,17,24-25H,7-8H2,1-4H3,(H2,20,26). The third-order valence-corrected chi connectivity index (χ3v) is 6.07. The summed E-state index contributed by atoms with van der Waals surface area (Å²) in [5.74, 6) is -0.387. The number of anilines is 1. The summed E-state index contributed by atoms with van der Waals surface area (Å²) in [6, 6.07) is 1.77. The van der Waals surface area contributed by atoms with Gasteiger partial charge in [-0.1, -0.05) is 13.8 Å². The Bertz CT molecular complexity index is 857. The Kier molecular flexibility index (Phi) is 4.20. The smallest absolute Gasteiger partial charge is 0.404 e. The lowest BCUT2D eigenvalue weighted by Gasteiger charge is -2.39. The van der Waals surface area contributed by atoms with Crippen LogP contribution in [0, 0.1) is 5.92 Å². The van der Waals surface area contributed by atoms with Crippen molar-refractivity contribution in [2.75, 3.05) is 32.2 Å². The number of aliphatic imine (C=N–C) groups is 1. The van der Waals surface area contributed by atoms with Crippen molar-refractivity contribution in [2.24, 2.45) is 16.6 Å². The zero-order valence-electron chi connectivity index (χ0n) is 16.4. The molecule has 2 saturated heterocycles. The van der Waals surface area contributed by atoms with Crippen molar-refractivity contribution >= 4 is 23.7 Å². The Balaban J connectivity index is 1.87. The molecule has 152 valence electrons. The highest BCUT2D eigenvalue weighted by Gasteiger charge is 2.74. The molecule has 0 aliphatic carbocycles. The molecule has 4 N–H and O–H groups in total. The number of methoxy groups -OCH3 is 1. The molecule has 0 aromatic heterocycles. The molecule has 5 atom stereocenters. The van der Waals surface area contributed by atoms with Crippen LogP contribution in [-0.4, -0.2) is 72.5 Å². The molecule has 0 saturated carbocycles. The number of nitrogens with two attached hydrogens (primary N) is 1. The number of piperazine rings is 1. The molecular weight excluding hydrogens is 364 g/mol. The van der Waals surface area contributed by atoms with Crippen molar-refractivity contribution in [3.8, 4) is 11.5 Å². The number of primary amides is 1. The van der Waals surface area contributed by atoms with Crippen LogP contribution in [0.1, 0.15) is 25.3 Å². The molecule has 28 heavy (non-hydrogen) atoms. The van der Waals surface area contributed by atoms with Gasteiger partial charge in [-0.3, -0.25) is 9.89 Å². The van der Waals surface area contributed by atoms with Crippen LogP contribution in [0.5, 0.6) is 11.5 Å². The SMILES string of the molecule is COC12C(COC(N)=O)c3c(O)c(N=CC(C)C)cc(O)c3N1CC1C2N1C. The van der Waals surface area contributed by atoms with Gasteiger partial charge in [0.15, 0.2) is 5.72 Å². The summed E-state index contributed by atoms with van der Waals surface area (Å²) in [6.07, 6.45) is 0.797. The molecule has 3 heterocycles. The fourth-order valence-corrected chi connectivity index (χ4v) is 4.89. The molecule has 0 bridgehead atoms. The Hall–Kier alpha value is -2.52. The van der Waals surface area contributed by atoms with Gasteiger partial charge in [0.1, 0.15) is 23.8 Å². The predicted molar refractivity (Wildman–Crippen MR) is 103 cm³/mol. The molecule has 2 fully saturated rings. The lowest BCUT2D eigenvalue weighted by molar-refractivity contribution is -0.0429. The number of nitrogens with zero attached hydrogens (tertiary/aromatic N) is 3. The number of likely N-dealkylation sites (N-methyl/N-ethyl adjacent to an activating group) is 1. The Morgan fingerprint density at radius 3 is 2.82 bits per heavy atom. The first-order valence-corrected chi connectivity index (χ1v) is 9.34. The fraction of sp³-hybridized carbons (Fsp3) is 0.579. The van der Waals surface area contributed by atoms with Crippen LogP contribution in [0.3, 0.4) is 0 Å². The van der Waals surface area contributed by atoms with Gasteiger partial charge in [0.05, 0.1) is 17.6 Å². The molecule has 0 spiro atoms. The van der Waals surface area contributed by atoms with Gasteiger partial charge in [-0.2, -0.15) is 0 Å². The van der Waals surface area contributed by atoms with E-state index < -0.39 is 17.7 Å². The number of phenolic OH excluding ortho intramolecular Hbond substituents is 2. The number of hydrogen-bond acceptors (Lipinski definition) is 8. The normalized spacial score (nSPS) is 32.5. The van der Waals surface area contributed by atoms with Crippen LogP contribution >= 0.6 is 0 Å². The number of benzene rings is 1. The zero-order valence-corrected chi connectivity index (χ0v) is 16.4. The number of ether oxygens (including phenoxy) is 2. The number of aromatic hydroxyl groups is 2. The highest BCUT2D eigenvalue weighted by Crippen LogP contribution is 2.65. The lowest BCUT2D eigenvalue weighted by Crippen LogP contribution is -2.54. The second kappa shape index (κ2) is 6.25. The molecule has 1 aromatic carbocycles. The van der Waals surface area contributed by atoms with Crippen molar-refractivity contribution in [3.63, 3.8) is 0 Å². The van der Waals surface area contributed by atoms with Crippen molar-refractivity contribution in [1.29, 1.82) is 0 Å². The first-order chi connectivity index (χ1) is 13.2. The van der Waals surface area contributed by atoms with Crippen molar-refractivity contribution < 1.29 is 24.5 Å². The number of carbonyl (C=O) groups excluding carboxylic acids is 1. The molecule has 9 heteroatoms. The average molecular weight is 390 g/mol. The minimum absolute atomic E-state index is 0.00987. The fourth-order valence-electron chi connectivity index (χ4n) is 4.89. The highest BCUT2D eigenvalue weighted by molar-refractivity contribution is 5.83. The van der Waals surface area contributed by atoms with E-state index in [-0.39, 0.29) is 41.8 Å². The maximum atomic E-state index is 11.3. The molecule has 0 radical (unpaired) electrons. The quantitative estimate of drug-likeness (QED) is 0.396.